The van der Waals surface area contributed by atoms with Crippen molar-refractivity contribution in [3.63, 3.8) is 0 Å². The Labute approximate surface area is 267 Å². The quantitative estimate of drug-likeness (QED) is 0.128. The van der Waals surface area contributed by atoms with E-state index in [0.29, 0.717) is 0 Å². The third kappa shape index (κ3) is 10.2. The fraction of sp³-hybridized carbons (Fsp3) is 0. The van der Waals surface area contributed by atoms with Crippen molar-refractivity contribution in [1.29, 1.82) is 0 Å². The van der Waals surface area contributed by atoms with E-state index in [4.69, 9.17) is 6.94 Å². The second kappa shape index (κ2) is 18.0. The average molecular weight is 870 g/mol. The summed E-state index contributed by atoms with van der Waals surface area (Å²) in [5, 5.41) is 8.39. The Morgan fingerprint density at radius 3 is 0.548 bits per heavy atom. The topological polar surface area (TPSA) is 34.1 Å². The molecule has 0 heterocycles. The van der Waals surface area contributed by atoms with Gasteiger partial charge in [0.05, 0.1) is 0 Å². The maximum Gasteiger partial charge on any atom is -0.0134 e. The Hall–Kier alpha value is -2.83. The van der Waals surface area contributed by atoms with Crippen LogP contribution in [0.1, 0.15) is 0 Å². The van der Waals surface area contributed by atoms with Gasteiger partial charge in [-0.25, -0.2) is 0 Å². The Balaban J connectivity index is 0.000000171. The molecule has 0 aliphatic carbocycles. The molecule has 6 heteroatoms. The monoisotopic (exact) mass is 870 g/mol. The van der Waals surface area contributed by atoms with Crippen molar-refractivity contribution >= 4 is 67.2 Å². The number of halogens is 1. The van der Waals surface area contributed by atoms with Gasteiger partial charge >= 0.3 is 39.5 Å². The van der Waals surface area contributed by atoms with Crippen LogP contribution in [0.4, 0.5) is 0 Å². The van der Waals surface area contributed by atoms with Crippen molar-refractivity contribution in [3.8, 4) is 0 Å². The summed E-state index contributed by atoms with van der Waals surface area (Å²) in [6, 6.07) is 64.7. The molecule has 0 spiro atoms. The van der Waals surface area contributed by atoms with E-state index in [9.17, 15) is 0 Å². The summed E-state index contributed by atoms with van der Waals surface area (Å²) in [6.45, 7) is 0. The van der Waals surface area contributed by atoms with Gasteiger partial charge in [-0.3, -0.25) is 0 Å². The molecule has 210 valence electrons. The van der Waals surface area contributed by atoms with Gasteiger partial charge in [-0.15, -0.1) is 0 Å². The molecule has 0 saturated heterocycles. The number of rotatable bonds is 6. The van der Waals surface area contributed by atoms with Crippen LogP contribution in [0, 0.1) is 0 Å². The van der Waals surface area contributed by atoms with Crippen LogP contribution in [0.2, 0.25) is 0 Å². The predicted molar refractivity (Wildman–Crippen MR) is 186 cm³/mol. The van der Waals surface area contributed by atoms with Gasteiger partial charge in [-0.1, -0.05) is 182 Å². The van der Waals surface area contributed by atoms with Gasteiger partial charge in [0.25, 0.3) is 0 Å². The van der Waals surface area contributed by atoms with Crippen molar-refractivity contribution < 1.29 is 20.0 Å². The first kappa shape index (κ1) is 32.1. The SMILES string of the molecule is [O]=[Re](=[O])[I].c1ccc(P(c2ccccc2)c2ccccc2)cc1.c1ccc(P(c2ccccc2)c2ccccc2)cc1. The van der Waals surface area contributed by atoms with Crippen molar-refractivity contribution in [1.82, 2.24) is 0 Å². The zero-order valence-corrected chi connectivity index (χ0v) is 29.4. The second-order valence-electron chi connectivity index (χ2n) is 8.86. The molecule has 0 aliphatic rings. The normalized spacial score (nSPS) is 10.4. The molecule has 0 radical (unpaired) electrons. The van der Waals surface area contributed by atoms with Crippen LogP contribution in [0.5, 0.6) is 0 Å². The molecule has 0 fully saturated rings. The van der Waals surface area contributed by atoms with Crippen LogP contribution < -0.4 is 31.8 Å². The van der Waals surface area contributed by atoms with E-state index in [1.807, 2.05) is 0 Å². The van der Waals surface area contributed by atoms with Gasteiger partial charge in [0.1, 0.15) is 0 Å². The first-order valence-corrected chi connectivity index (χ1v) is 25.9. The van der Waals surface area contributed by atoms with Crippen LogP contribution in [-0.2, 0) is 20.0 Å². The standard InChI is InChI=1S/2C18H15P.HI.2O.Re/c2*1-4-10-16(11-5-1)19(17-12-6-2-7-13-17)18-14-8-3-9-15-18;;;;/h2*1-15H;1H;;;/q;;;;;+1/p-1. The molecule has 0 N–H and O–H groups in total. The van der Waals surface area contributed by atoms with Gasteiger partial charge < -0.3 is 0 Å². The van der Waals surface area contributed by atoms with Crippen LogP contribution in [0.3, 0.4) is 0 Å². The van der Waals surface area contributed by atoms with Crippen LogP contribution in [-0.4, -0.2) is 0 Å². The van der Waals surface area contributed by atoms with Gasteiger partial charge in [0.15, 0.2) is 0 Å². The Bertz CT molecular complexity index is 1340. The van der Waals surface area contributed by atoms with Gasteiger partial charge in [0.2, 0.25) is 0 Å². The summed E-state index contributed by atoms with van der Waals surface area (Å²) in [5.41, 5.74) is 0. The average Bonchev–Trinajstić information content (AvgIpc) is 3.05. The van der Waals surface area contributed by atoms with E-state index in [0.717, 1.165) is 0 Å². The molecule has 0 bridgehead atoms. The maximum atomic E-state index is 9.14. The Morgan fingerprint density at radius 1 is 0.310 bits per heavy atom. The first-order valence-electron chi connectivity index (χ1n) is 13.3. The molecule has 6 aromatic rings. The smallest absolute Gasteiger partial charge is 0.0134 e. The fourth-order valence-corrected chi connectivity index (χ4v) is 8.97. The van der Waals surface area contributed by atoms with Crippen molar-refractivity contribution in [2.45, 2.75) is 0 Å². The zero-order chi connectivity index (χ0) is 29.4. The molecular weight excluding hydrogens is 839 g/mol. The minimum atomic E-state index is -2.99. The molecule has 0 unspecified atom stereocenters. The number of hydrogen-bond acceptors (Lipinski definition) is 2. The van der Waals surface area contributed by atoms with Gasteiger partial charge in [0, 0.05) is 0 Å². The molecule has 0 saturated carbocycles. The van der Waals surface area contributed by atoms with Crippen molar-refractivity contribution in [2.75, 3.05) is 0 Å². The van der Waals surface area contributed by atoms with Crippen LogP contribution in [0.25, 0.3) is 0 Å². The largest absolute Gasteiger partial charge is 0.0622 e. The van der Waals surface area contributed by atoms with E-state index >= 15 is 0 Å². The minimum absolute atomic E-state index is 0.446. The summed E-state index contributed by atoms with van der Waals surface area (Å²) < 4.78 is 18.3. The van der Waals surface area contributed by atoms with Crippen LogP contribution >= 0.6 is 35.4 Å². The molecule has 42 heavy (non-hydrogen) atoms. The molecule has 0 aromatic heterocycles. The van der Waals surface area contributed by atoms with Crippen molar-refractivity contribution in [3.05, 3.63) is 182 Å². The summed E-state index contributed by atoms with van der Waals surface area (Å²) >= 11 is -1.58. The third-order valence-corrected chi connectivity index (χ3v) is 11.0. The van der Waals surface area contributed by atoms with E-state index in [1.54, 1.807) is 0 Å². The number of hydrogen-bond donors (Lipinski definition) is 0. The Kier molecular flexibility index (Phi) is 13.7. The third-order valence-electron chi connectivity index (χ3n) is 6.09. The summed E-state index contributed by atoms with van der Waals surface area (Å²) in [4.78, 5) is 0. The van der Waals surface area contributed by atoms with E-state index < -0.39 is 28.9 Å². The zero-order valence-electron chi connectivity index (χ0n) is 22.8. The molecular formula is C36H30IO2P2Re. The molecule has 0 aliphatic heterocycles. The molecule has 6 aromatic carbocycles. The molecule has 0 amide bonds. The van der Waals surface area contributed by atoms with E-state index in [2.05, 4.69) is 182 Å². The molecule has 2 nitrogen and oxygen atoms in total. The van der Waals surface area contributed by atoms with E-state index in [1.165, 1.54) is 51.3 Å². The predicted octanol–water partition coefficient (Wildman–Crippen LogP) is 7.54. The number of benzene rings is 6. The second-order valence-corrected chi connectivity index (χ2v) is 20.0. The fourth-order valence-electron chi connectivity index (χ4n) is 4.36. The first-order chi connectivity index (χ1) is 20.6. The van der Waals surface area contributed by atoms with Crippen LogP contribution in [0.15, 0.2) is 182 Å². The van der Waals surface area contributed by atoms with Crippen molar-refractivity contribution in [2.24, 2.45) is 0 Å². The summed E-state index contributed by atoms with van der Waals surface area (Å²) in [6.07, 6.45) is 0. The summed E-state index contributed by atoms with van der Waals surface area (Å²) in [7, 11) is -0.892. The molecule has 6 rings (SSSR count). The van der Waals surface area contributed by atoms with Gasteiger partial charge in [-0.05, 0) is 47.7 Å². The summed E-state index contributed by atoms with van der Waals surface area (Å²) in [5.74, 6) is 0. The van der Waals surface area contributed by atoms with Gasteiger partial charge in [-0.2, -0.15) is 0 Å². The maximum absolute atomic E-state index is 9.14. The molecule has 0 atom stereocenters. The van der Waals surface area contributed by atoms with E-state index in [-0.39, 0.29) is 0 Å². The Morgan fingerprint density at radius 2 is 0.429 bits per heavy atom. The minimum Gasteiger partial charge on any atom is -0.0622 e.